The maximum Gasteiger partial charge on any atom is 0.0353 e. The lowest BCUT2D eigenvalue weighted by molar-refractivity contribution is 0.967. The first-order valence-corrected chi connectivity index (χ1v) is 18.2. The van der Waals surface area contributed by atoms with Crippen molar-refractivity contribution in [3.8, 4) is 22.3 Å². The highest BCUT2D eigenvalue weighted by atomic mass is 14.6. The Bertz CT molecular complexity index is 2330. The van der Waals surface area contributed by atoms with E-state index in [0.29, 0.717) is 5.92 Å². The third-order valence-electron chi connectivity index (χ3n) is 9.25. The van der Waals surface area contributed by atoms with Crippen LogP contribution in [0.15, 0.2) is 205 Å². The molecule has 1 aliphatic carbocycles. The lowest BCUT2D eigenvalue weighted by Crippen LogP contribution is -1.99. The van der Waals surface area contributed by atoms with Gasteiger partial charge in [-0.05, 0) is 104 Å². The van der Waals surface area contributed by atoms with Gasteiger partial charge >= 0.3 is 0 Å². The number of rotatable bonds is 8. The molecule has 53 heavy (non-hydrogen) atoms. The number of benzene rings is 6. The van der Waals surface area contributed by atoms with Crippen LogP contribution < -0.4 is 5.73 Å². The molecule has 0 radical (unpaired) electrons. The van der Waals surface area contributed by atoms with Gasteiger partial charge in [-0.2, -0.15) is 0 Å². The summed E-state index contributed by atoms with van der Waals surface area (Å²) in [5.41, 5.74) is 19.1. The van der Waals surface area contributed by atoms with Gasteiger partial charge < -0.3 is 11.1 Å². The summed E-state index contributed by atoms with van der Waals surface area (Å²) in [5, 5.41) is 9.70. The average molecular weight is 687 g/mol. The summed E-state index contributed by atoms with van der Waals surface area (Å²) in [4.78, 5) is 0. The van der Waals surface area contributed by atoms with Gasteiger partial charge in [-0.3, -0.25) is 0 Å². The van der Waals surface area contributed by atoms with E-state index < -0.39 is 0 Å². The summed E-state index contributed by atoms with van der Waals surface area (Å²) in [7, 11) is 0. The molecular formula is C51H46N2. The Labute approximate surface area is 314 Å². The predicted octanol–water partition coefficient (Wildman–Crippen LogP) is 13.3. The molecule has 6 aromatic rings. The Balaban J connectivity index is 0.000000188. The number of allylic oxidation sites excluding steroid dienone is 10. The van der Waals surface area contributed by atoms with Gasteiger partial charge in [-0.15, -0.1) is 0 Å². The van der Waals surface area contributed by atoms with Gasteiger partial charge in [0.15, 0.2) is 0 Å². The van der Waals surface area contributed by atoms with E-state index in [2.05, 4.69) is 190 Å². The van der Waals surface area contributed by atoms with Gasteiger partial charge in [-0.25, -0.2) is 0 Å². The Kier molecular flexibility index (Phi) is 12.4. The van der Waals surface area contributed by atoms with Crippen LogP contribution in [0.1, 0.15) is 41.5 Å². The number of hydrogen-bond acceptors (Lipinski definition) is 2. The topological polar surface area (TPSA) is 49.9 Å². The zero-order valence-electron chi connectivity index (χ0n) is 30.5. The molecule has 1 aliphatic rings. The first kappa shape index (κ1) is 36.3. The maximum absolute atomic E-state index is 7.17. The SMILES string of the molecule is CC(/C=C(\N)c1ccc(-c2ccccc2)cc1)c1ccccc1.Cc1cc(/C=C2C=CC(C=CC=N)=CC\C=C/2)cc(-c2ccc3ccccc3c2)c1. The third kappa shape index (κ3) is 10.3. The summed E-state index contributed by atoms with van der Waals surface area (Å²) < 4.78 is 0. The lowest BCUT2D eigenvalue weighted by atomic mass is 9.96. The van der Waals surface area contributed by atoms with Gasteiger partial charge in [0.2, 0.25) is 0 Å². The van der Waals surface area contributed by atoms with Crippen LogP contribution in [0, 0.1) is 12.3 Å². The van der Waals surface area contributed by atoms with Crippen molar-refractivity contribution in [1.82, 2.24) is 0 Å². The standard InChI is InChI=1S/C29H25N.C22H21N/c1-22-17-25(19-24-8-3-2-7-23(12-13-24)9-6-16-30)20-29(18-22)28-15-14-26-10-4-5-11-27(26)21-28;1-17(18-8-4-2-5-9-18)16-22(23)21-14-12-20(13-15-21)19-10-6-3-7-11-19/h3-21,30H,2H2,1H3;2-17H,23H2,1H3/b8-3-,9-6?,13-12?,23-7?,24-19+,30-16?;22-16-. The molecule has 6 aromatic carbocycles. The smallest absolute Gasteiger partial charge is 0.0353 e. The van der Waals surface area contributed by atoms with Gasteiger partial charge in [0.1, 0.15) is 0 Å². The van der Waals surface area contributed by atoms with Crippen molar-refractivity contribution >= 4 is 28.8 Å². The molecule has 260 valence electrons. The van der Waals surface area contributed by atoms with Crippen LogP contribution in [0.2, 0.25) is 0 Å². The van der Waals surface area contributed by atoms with Crippen molar-refractivity contribution < 1.29 is 0 Å². The highest BCUT2D eigenvalue weighted by molar-refractivity contribution is 5.87. The molecule has 0 bridgehead atoms. The van der Waals surface area contributed by atoms with Crippen LogP contribution in [-0.4, -0.2) is 6.21 Å². The number of nitrogens with one attached hydrogen (secondary N) is 1. The zero-order chi connectivity index (χ0) is 36.8. The quantitative estimate of drug-likeness (QED) is 0.154. The molecule has 0 aromatic heterocycles. The van der Waals surface area contributed by atoms with Crippen molar-refractivity contribution in [2.45, 2.75) is 26.2 Å². The highest BCUT2D eigenvalue weighted by Gasteiger charge is 2.06. The van der Waals surface area contributed by atoms with E-state index in [9.17, 15) is 0 Å². The van der Waals surface area contributed by atoms with Gasteiger partial charge in [-0.1, -0.05) is 183 Å². The van der Waals surface area contributed by atoms with Crippen molar-refractivity contribution in [3.05, 3.63) is 228 Å². The summed E-state index contributed by atoms with van der Waals surface area (Å²) in [6, 6.07) is 51.1. The van der Waals surface area contributed by atoms with E-state index in [0.717, 1.165) is 23.3 Å². The fourth-order valence-corrected chi connectivity index (χ4v) is 6.43. The van der Waals surface area contributed by atoms with Crippen LogP contribution in [-0.2, 0) is 0 Å². The second-order valence-electron chi connectivity index (χ2n) is 13.3. The minimum Gasteiger partial charge on any atom is -0.398 e. The molecule has 0 heterocycles. The van der Waals surface area contributed by atoms with Crippen LogP contribution in [0.5, 0.6) is 0 Å². The van der Waals surface area contributed by atoms with E-state index in [4.69, 9.17) is 11.1 Å². The van der Waals surface area contributed by atoms with Crippen molar-refractivity contribution in [2.24, 2.45) is 5.73 Å². The van der Waals surface area contributed by atoms with Crippen molar-refractivity contribution in [1.29, 1.82) is 5.41 Å². The minimum atomic E-state index is 0.296. The number of fused-ring (bicyclic) bond motifs is 1. The fraction of sp³-hybridized carbons (Fsp3) is 0.0784. The van der Waals surface area contributed by atoms with Crippen molar-refractivity contribution in [2.75, 3.05) is 0 Å². The molecule has 0 fully saturated rings. The van der Waals surface area contributed by atoms with Crippen LogP contribution in [0.3, 0.4) is 0 Å². The van der Waals surface area contributed by atoms with E-state index in [-0.39, 0.29) is 0 Å². The molecule has 2 heteroatoms. The minimum absolute atomic E-state index is 0.296. The van der Waals surface area contributed by atoms with Gasteiger partial charge in [0.25, 0.3) is 0 Å². The molecule has 0 aliphatic heterocycles. The first-order valence-electron chi connectivity index (χ1n) is 18.2. The fourth-order valence-electron chi connectivity index (χ4n) is 6.43. The van der Waals surface area contributed by atoms with E-state index in [1.807, 2.05) is 18.2 Å². The maximum atomic E-state index is 7.17. The molecule has 7 rings (SSSR count). The van der Waals surface area contributed by atoms with Gasteiger partial charge in [0, 0.05) is 17.8 Å². The lowest BCUT2D eigenvalue weighted by Gasteiger charge is -2.10. The Hall–Kier alpha value is -6.51. The third-order valence-corrected chi connectivity index (χ3v) is 9.25. The first-order chi connectivity index (χ1) is 25.9. The Morgan fingerprint density at radius 1 is 0.660 bits per heavy atom. The zero-order valence-corrected chi connectivity index (χ0v) is 30.5. The Morgan fingerprint density at radius 3 is 2.09 bits per heavy atom. The van der Waals surface area contributed by atoms with E-state index >= 15 is 0 Å². The second-order valence-corrected chi connectivity index (χ2v) is 13.3. The predicted molar refractivity (Wildman–Crippen MR) is 230 cm³/mol. The molecule has 0 saturated carbocycles. The Morgan fingerprint density at radius 2 is 1.34 bits per heavy atom. The number of nitrogens with two attached hydrogens (primary N) is 1. The molecule has 2 nitrogen and oxygen atoms in total. The highest BCUT2D eigenvalue weighted by Crippen LogP contribution is 2.28. The van der Waals surface area contributed by atoms with Gasteiger partial charge in [0.05, 0.1) is 0 Å². The van der Waals surface area contributed by atoms with Crippen LogP contribution in [0.25, 0.3) is 44.8 Å². The van der Waals surface area contributed by atoms with E-state index in [1.54, 1.807) is 6.08 Å². The number of hydrogen-bond donors (Lipinski definition) is 2. The second kappa shape index (κ2) is 18.1. The molecular weight excluding hydrogens is 641 g/mol. The molecule has 1 unspecified atom stereocenters. The molecule has 0 amide bonds. The number of aryl methyl sites for hydroxylation is 1. The average Bonchev–Trinajstić information content (AvgIpc) is 3.19. The molecule has 3 N–H and O–H groups in total. The summed E-state index contributed by atoms with van der Waals surface area (Å²) in [6.07, 6.45) is 21.0. The van der Waals surface area contributed by atoms with Crippen LogP contribution in [0.4, 0.5) is 0 Å². The molecule has 0 saturated heterocycles. The molecule has 1 atom stereocenters. The normalized spacial score (nSPS) is 14.9. The van der Waals surface area contributed by atoms with Crippen molar-refractivity contribution in [3.63, 3.8) is 0 Å². The molecule has 0 spiro atoms. The van der Waals surface area contributed by atoms with E-state index in [1.165, 1.54) is 61.5 Å². The van der Waals surface area contributed by atoms with Crippen LogP contribution >= 0.6 is 0 Å². The summed E-state index contributed by atoms with van der Waals surface area (Å²) >= 11 is 0. The summed E-state index contributed by atoms with van der Waals surface area (Å²) in [5.74, 6) is 0.296. The summed E-state index contributed by atoms with van der Waals surface area (Å²) in [6.45, 7) is 4.32. The largest absolute Gasteiger partial charge is 0.398 e. The monoisotopic (exact) mass is 686 g/mol.